The maximum absolute atomic E-state index is 15.9. The summed E-state index contributed by atoms with van der Waals surface area (Å²) in [7, 11) is 0. The molecule has 0 spiro atoms. The second-order valence-electron chi connectivity index (χ2n) is 11.3. The number of phenolic OH excluding ortho intramolecular Hbond substituents is 1. The number of aryl methyl sites for hydroxylation is 1. The molecule has 3 fully saturated rings. The summed E-state index contributed by atoms with van der Waals surface area (Å²) < 4.78 is 21.5. The van der Waals surface area contributed by atoms with E-state index in [4.69, 9.17) is 9.72 Å². The summed E-state index contributed by atoms with van der Waals surface area (Å²) in [6.45, 7) is 7.01. The number of hydrogen-bond donors (Lipinski definition) is 4. The highest BCUT2D eigenvalue weighted by molar-refractivity contribution is 5.64. The van der Waals surface area contributed by atoms with Crippen LogP contribution in [-0.2, 0) is 11.2 Å². The van der Waals surface area contributed by atoms with Crippen LogP contribution in [0.15, 0.2) is 30.5 Å². The third-order valence-electron chi connectivity index (χ3n) is 9.26. The Kier molecular flexibility index (Phi) is 7.09. The lowest BCUT2D eigenvalue weighted by Gasteiger charge is -2.41. The SMILES string of the molecule is CCc1cc(O)ccc1C1CCC2C(c3ncc(C4=CC[C@H](C)N(C5CCOCC5)C4)[nH]3)NNC2C1F. The molecule has 6 rings (SSSR count). The highest BCUT2D eigenvalue weighted by atomic mass is 19.1. The molecule has 37 heavy (non-hydrogen) atoms. The van der Waals surface area contributed by atoms with E-state index >= 15 is 4.39 Å². The number of nitrogens with one attached hydrogen (secondary N) is 3. The number of ether oxygens (including phenoxy) is 1. The molecule has 1 aromatic heterocycles. The zero-order valence-electron chi connectivity index (χ0n) is 21.9. The number of rotatable bonds is 5. The lowest BCUT2D eigenvalue weighted by molar-refractivity contribution is 0.0245. The summed E-state index contributed by atoms with van der Waals surface area (Å²) in [6, 6.07) is 6.18. The molecular weight excluding hydrogens is 469 g/mol. The van der Waals surface area contributed by atoms with E-state index in [0.29, 0.717) is 12.1 Å². The van der Waals surface area contributed by atoms with Crippen LogP contribution in [0.5, 0.6) is 5.75 Å². The summed E-state index contributed by atoms with van der Waals surface area (Å²) in [5, 5.41) is 9.90. The number of imidazole rings is 1. The fourth-order valence-electron chi connectivity index (χ4n) is 7.13. The fourth-order valence-corrected chi connectivity index (χ4v) is 7.13. The van der Waals surface area contributed by atoms with Gasteiger partial charge in [-0.1, -0.05) is 19.1 Å². The molecule has 7 nitrogen and oxygen atoms in total. The Morgan fingerprint density at radius 3 is 2.81 bits per heavy atom. The number of fused-ring (bicyclic) bond motifs is 1. The van der Waals surface area contributed by atoms with E-state index in [1.807, 2.05) is 12.3 Å². The second kappa shape index (κ2) is 10.5. The maximum atomic E-state index is 15.9. The van der Waals surface area contributed by atoms with Crippen LogP contribution in [0.2, 0.25) is 0 Å². The van der Waals surface area contributed by atoms with Crippen molar-refractivity contribution < 1.29 is 14.2 Å². The molecule has 1 aliphatic carbocycles. The van der Waals surface area contributed by atoms with Crippen LogP contribution in [0, 0.1) is 5.92 Å². The van der Waals surface area contributed by atoms with E-state index in [9.17, 15) is 5.11 Å². The third-order valence-corrected chi connectivity index (χ3v) is 9.26. The Balaban J connectivity index is 1.15. The molecule has 2 aromatic rings. The third kappa shape index (κ3) is 4.73. The number of benzene rings is 1. The van der Waals surface area contributed by atoms with Crippen molar-refractivity contribution in [2.45, 2.75) is 88.6 Å². The largest absolute Gasteiger partial charge is 0.508 e. The Hall–Kier alpha value is -2.26. The van der Waals surface area contributed by atoms with Crippen molar-refractivity contribution in [3.05, 3.63) is 53.1 Å². The Morgan fingerprint density at radius 2 is 2.00 bits per heavy atom. The van der Waals surface area contributed by atoms with Crippen LogP contribution in [0.25, 0.3) is 5.57 Å². The van der Waals surface area contributed by atoms with Gasteiger partial charge in [-0.05, 0) is 74.3 Å². The smallest absolute Gasteiger partial charge is 0.125 e. The number of phenols is 1. The highest BCUT2D eigenvalue weighted by Crippen LogP contribution is 2.45. The number of nitrogens with zero attached hydrogens (tertiary/aromatic N) is 2. The summed E-state index contributed by atoms with van der Waals surface area (Å²) in [5.41, 5.74) is 11.1. The van der Waals surface area contributed by atoms with Crippen molar-refractivity contribution in [2.24, 2.45) is 5.92 Å². The molecular formula is C29H40FN5O2. The molecule has 5 unspecified atom stereocenters. The highest BCUT2D eigenvalue weighted by Gasteiger charge is 2.48. The average Bonchev–Trinajstić information content (AvgIpc) is 3.58. The zero-order chi connectivity index (χ0) is 25.5. The molecule has 0 amide bonds. The van der Waals surface area contributed by atoms with Gasteiger partial charge in [0.2, 0.25) is 0 Å². The van der Waals surface area contributed by atoms with Crippen LogP contribution in [0.3, 0.4) is 0 Å². The molecule has 3 aliphatic heterocycles. The summed E-state index contributed by atoms with van der Waals surface area (Å²) in [5.74, 6) is 1.10. The minimum absolute atomic E-state index is 0.0434. The topological polar surface area (TPSA) is 85.4 Å². The lowest BCUT2D eigenvalue weighted by Crippen LogP contribution is -2.46. The number of H-pyrrole nitrogens is 1. The number of hydrogen-bond acceptors (Lipinski definition) is 6. The van der Waals surface area contributed by atoms with E-state index in [1.54, 1.807) is 12.1 Å². The Morgan fingerprint density at radius 1 is 1.16 bits per heavy atom. The average molecular weight is 510 g/mol. The molecule has 2 saturated heterocycles. The number of aromatic nitrogens is 2. The van der Waals surface area contributed by atoms with Crippen molar-refractivity contribution in [1.29, 1.82) is 0 Å². The second-order valence-corrected chi connectivity index (χ2v) is 11.3. The van der Waals surface area contributed by atoms with E-state index in [2.05, 4.69) is 40.7 Å². The van der Waals surface area contributed by atoms with E-state index in [1.165, 1.54) is 5.57 Å². The van der Waals surface area contributed by atoms with Gasteiger partial charge in [0, 0.05) is 43.7 Å². The van der Waals surface area contributed by atoms with Crippen LogP contribution in [-0.4, -0.2) is 64.0 Å². The van der Waals surface area contributed by atoms with Gasteiger partial charge in [0.15, 0.2) is 0 Å². The van der Waals surface area contributed by atoms with Crippen LogP contribution in [0.1, 0.15) is 80.6 Å². The monoisotopic (exact) mass is 509 g/mol. The Bertz CT molecular complexity index is 1130. The first-order chi connectivity index (χ1) is 18.0. The first-order valence-corrected chi connectivity index (χ1v) is 14.1. The normalized spacial score (nSPS) is 33.3. The predicted molar refractivity (Wildman–Crippen MR) is 142 cm³/mol. The standard InChI is InChI=1S/C29H40FN5O2/c1-3-18-14-21(36)6-7-22(18)23-8-9-24-27(26(23)30)33-34-28(24)29-31-15-25(32-29)19-5-4-17(2)35(16-19)20-10-12-37-13-11-20/h5-7,14-15,17,20,23-24,26-28,33-34,36H,3-4,8-13,16H2,1-2H3,(H,31,32)/t17-,23?,24?,26?,27?,28?/m0/s1. The molecule has 4 heterocycles. The molecule has 0 radical (unpaired) electrons. The molecule has 4 N–H and O–H groups in total. The molecule has 200 valence electrons. The van der Waals surface area contributed by atoms with Crippen molar-refractivity contribution in [1.82, 2.24) is 25.7 Å². The van der Waals surface area contributed by atoms with Gasteiger partial charge in [-0.25, -0.2) is 14.8 Å². The number of hydrazine groups is 1. The lowest BCUT2D eigenvalue weighted by atomic mass is 9.71. The number of halogens is 1. The zero-order valence-corrected chi connectivity index (χ0v) is 21.9. The number of aromatic hydroxyl groups is 1. The van der Waals surface area contributed by atoms with Crippen molar-refractivity contribution in [2.75, 3.05) is 19.8 Å². The minimum Gasteiger partial charge on any atom is -0.508 e. The molecule has 1 saturated carbocycles. The first kappa shape index (κ1) is 25.0. The van der Waals surface area contributed by atoms with Gasteiger partial charge in [-0.3, -0.25) is 10.3 Å². The summed E-state index contributed by atoms with van der Waals surface area (Å²) in [4.78, 5) is 11.0. The van der Waals surface area contributed by atoms with Crippen molar-refractivity contribution in [3.63, 3.8) is 0 Å². The van der Waals surface area contributed by atoms with Gasteiger partial charge >= 0.3 is 0 Å². The molecule has 0 bridgehead atoms. The number of aromatic amines is 1. The fraction of sp³-hybridized carbons (Fsp3) is 0.621. The van der Waals surface area contributed by atoms with Gasteiger partial charge < -0.3 is 14.8 Å². The van der Waals surface area contributed by atoms with Gasteiger partial charge in [-0.2, -0.15) is 0 Å². The van der Waals surface area contributed by atoms with Crippen LogP contribution in [0.4, 0.5) is 4.39 Å². The molecule has 6 atom stereocenters. The summed E-state index contributed by atoms with van der Waals surface area (Å²) >= 11 is 0. The Labute approximate surface area is 218 Å². The van der Waals surface area contributed by atoms with Crippen LogP contribution >= 0.6 is 0 Å². The van der Waals surface area contributed by atoms with E-state index < -0.39 is 6.17 Å². The van der Waals surface area contributed by atoms with Gasteiger partial charge in [0.1, 0.15) is 17.7 Å². The van der Waals surface area contributed by atoms with Gasteiger partial charge in [0.05, 0.1) is 24.0 Å². The van der Waals surface area contributed by atoms with Gasteiger partial charge in [-0.15, -0.1) is 0 Å². The number of alkyl halides is 1. The van der Waals surface area contributed by atoms with E-state index in [-0.39, 0.29) is 29.7 Å². The minimum atomic E-state index is -1.00. The molecule has 8 heteroatoms. The molecule has 1 aromatic carbocycles. The molecule has 4 aliphatic rings. The van der Waals surface area contributed by atoms with Crippen LogP contribution < -0.4 is 10.9 Å². The van der Waals surface area contributed by atoms with Crippen molar-refractivity contribution >= 4 is 5.57 Å². The van der Waals surface area contributed by atoms with Crippen molar-refractivity contribution in [3.8, 4) is 5.75 Å². The quantitative estimate of drug-likeness (QED) is 0.479. The first-order valence-electron chi connectivity index (χ1n) is 14.1. The summed E-state index contributed by atoms with van der Waals surface area (Å²) in [6.07, 6.45) is 9.03. The maximum Gasteiger partial charge on any atom is 0.125 e. The van der Waals surface area contributed by atoms with E-state index in [0.717, 1.165) is 80.9 Å². The van der Waals surface area contributed by atoms with Gasteiger partial charge in [0.25, 0.3) is 0 Å². The predicted octanol–water partition coefficient (Wildman–Crippen LogP) is 4.38.